The predicted octanol–water partition coefficient (Wildman–Crippen LogP) is 3.98. The Morgan fingerprint density at radius 1 is 1.53 bits per heavy atom. The van der Waals surface area contributed by atoms with Gasteiger partial charge in [0.05, 0.1) is 4.92 Å². The van der Waals surface area contributed by atoms with Gasteiger partial charge in [0.15, 0.2) is 0 Å². The molecule has 0 aliphatic heterocycles. The number of halogens is 2. The van der Waals surface area contributed by atoms with Gasteiger partial charge in [-0.2, -0.15) is 0 Å². The van der Waals surface area contributed by atoms with Crippen LogP contribution >= 0.6 is 27.5 Å². The minimum absolute atomic E-state index is 0.0164. The highest BCUT2D eigenvalue weighted by Gasteiger charge is 2.14. The van der Waals surface area contributed by atoms with Crippen molar-refractivity contribution in [2.75, 3.05) is 0 Å². The summed E-state index contributed by atoms with van der Waals surface area (Å²) in [4.78, 5) is 7.11. The summed E-state index contributed by atoms with van der Waals surface area (Å²) >= 11 is 15.9. The van der Waals surface area contributed by atoms with E-state index in [2.05, 4.69) is 0 Å². The van der Waals surface area contributed by atoms with Crippen molar-refractivity contribution < 1.29 is 9.45 Å². The molecule has 0 amide bonds. The Kier molecular flexibility index (Phi) is 3.95. The number of hydrogen-bond acceptors (Lipinski definition) is 4. The number of aryl methyl sites for hydroxylation is 1. The lowest BCUT2D eigenvalue weighted by Gasteiger charge is -2.10. The molecule has 0 unspecified atom stereocenters. The molecule has 82 valence electrons. The molecule has 0 saturated carbocycles. The highest BCUT2D eigenvalue weighted by molar-refractivity contribution is 8.36. The van der Waals surface area contributed by atoms with Crippen LogP contribution in [0, 0.1) is 17.0 Å². The van der Waals surface area contributed by atoms with Crippen LogP contribution in [-0.2, 0) is 11.8 Å². The van der Waals surface area contributed by atoms with E-state index in [-0.39, 0.29) is 5.69 Å². The van der Waals surface area contributed by atoms with Crippen LogP contribution in [0.4, 0.5) is 5.69 Å². The van der Waals surface area contributed by atoms with E-state index in [0.717, 1.165) is 0 Å². The molecule has 15 heavy (non-hydrogen) atoms. The van der Waals surface area contributed by atoms with Gasteiger partial charge in [-0.1, -0.05) is 0 Å². The average molecular weight is 286 g/mol. The topological polar surface area (TPSA) is 52.4 Å². The van der Waals surface area contributed by atoms with Gasteiger partial charge in [0, 0.05) is 12.1 Å². The van der Waals surface area contributed by atoms with Gasteiger partial charge in [0.25, 0.3) is 10.7 Å². The average Bonchev–Trinajstić information content (AvgIpc) is 2.05. The zero-order chi connectivity index (χ0) is 11.6. The number of nitro groups is 1. The van der Waals surface area contributed by atoms with Crippen molar-refractivity contribution in [3.05, 3.63) is 33.9 Å². The Labute approximate surface area is 101 Å². The third kappa shape index (κ3) is 3.95. The quantitative estimate of drug-likeness (QED) is 0.479. The van der Waals surface area contributed by atoms with Crippen LogP contribution in [0.3, 0.4) is 0 Å². The summed E-state index contributed by atoms with van der Waals surface area (Å²) in [5.74, 6) is 0.369. The fourth-order valence-corrected chi connectivity index (χ4v) is 2.08. The van der Waals surface area contributed by atoms with Crippen LogP contribution in [0.5, 0.6) is 5.75 Å². The largest absolute Gasteiger partial charge is 0.441 e. The Balaban J connectivity index is 3.04. The van der Waals surface area contributed by atoms with Crippen molar-refractivity contribution in [2.24, 2.45) is 0 Å². The second kappa shape index (κ2) is 4.66. The van der Waals surface area contributed by atoms with Gasteiger partial charge < -0.3 is 4.52 Å². The molecule has 0 aliphatic carbocycles. The van der Waals surface area contributed by atoms with Crippen molar-refractivity contribution in [2.45, 2.75) is 6.92 Å². The van der Waals surface area contributed by atoms with Gasteiger partial charge in [-0.15, -0.1) is 0 Å². The number of benzene rings is 1. The van der Waals surface area contributed by atoms with E-state index in [4.69, 9.17) is 38.8 Å². The van der Waals surface area contributed by atoms with Crippen LogP contribution < -0.4 is 4.52 Å². The van der Waals surface area contributed by atoms with Crippen molar-refractivity contribution >= 4 is 44.9 Å². The maximum atomic E-state index is 10.4. The minimum atomic E-state index is -2.85. The van der Waals surface area contributed by atoms with Crippen LogP contribution in [0.25, 0.3) is 0 Å². The van der Waals surface area contributed by atoms with Crippen LogP contribution in [-0.4, -0.2) is 4.92 Å². The highest BCUT2D eigenvalue weighted by Crippen LogP contribution is 2.58. The van der Waals surface area contributed by atoms with Crippen LogP contribution in [0.1, 0.15) is 5.56 Å². The Morgan fingerprint density at radius 3 is 2.53 bits per heavy atom. The number of nitrogens with zero attached hydrogens (tertiary/aromatic N) is 1. The van der Waals surface area contributed by atoms with Gasteiger partial charge in [-0.05, 0) is 52.8 Å². The summed E-state index contributed by atoms with van der Waals surface area (Å²) in [7, 11) is 0. The molecule has 0 heterocycles. The molecule has 1 aromatic rings. The van der Waals surface area contributed by atoms with Gasteiger partial charge in [-0.25, -0.2) is 0 Å². The number of non-ortho nitro benzene ring substituents is 1. The van der Waals surface area contributed by atoms with Crippen LogP contribution in [0.2, 0.25) is 0 Å². The molecule has 0 aliphatic rings. The molecule has 0 saturated heterocycles. The number of nitro benzene ring substituents is 1. The first-order valence-corrected chi connectivity index (χ1v) is 8.26. The van der Waals surface area contributed by atoms with E-state index in [1.807, 2.05) is 0 Å². The normalized spacial score (nSPS) is 11.1. The number of rotatable bonds is 3. The van der Waals surface area contributed by atoms with Gasteiger partial charge >= 0.3 is 0 Å². The first-order chi connectivity index (χ1) is 6.79. The molecule has 0 atom stereocenters. The van der Waals surface area contributed by atoms with Crippen molar-refractivity contribution in [1.82, 2.24) is 0 Å². The van der Waals surface area contributed by atoms with E-state index in [0.29, 0.717) is 11.3 Å². The summed E-state index contributed by atoms with van der Waals surface area (Å²) in [5, 5.41) is 10.4. The van der Waals surface area contributed by atoms with E-state index in [9.17, 15) is 10.1 Å². The molecule has 0 fully saturated rings. The van der Waals surface area contributed by atoms with Gasteiger partial charge in [0.1, 0.15) is 5.75 Å². The lowest BCUT2D eigenvalue weighted by Crippen LogP contribution is -1.91. The molecule has 4 nitrogen and oxygen atoms in total. The Morgan fingerprint density at radius 2 is 2.13 bits per heavy atom. The summed E-state index contributed by atoms with van der Waals surface area (Å²) in [6, 6.07) is 4.11. The van der Waals surface area contributed by atoms with Crippen molar-refractivity contribution in [3.63, 3.8) is 0 Å². The maximum Gasteiger partial charge on any atom is 0.289 e. The summed E-state index contributed by atoms with van der Waals surface area (Å²) < 4.78 is 5.10. The Bertz CT molecular complexity index is 448. The summed E-state index contributed by atoms with van der Waals surface area (Å²) in [6.07, 6.45) is 0. The highest BCUT2D eigenvalue weighted by atomic mass is 35.9. The molecule has 8 heteroatoms. The maximum absolute atomic E-state index is 10.4. The zero-order valence-electron chi connectivity index (χ0n) is 7.52. The summed E-state index contributed by atoms with van der Waals surface area (Å²) in [6.45, 7) is 1.65. The fraction of sp³-hybridized carbons (Fsp3) is 0.143. The van der Waals surface area contributed by atoms with Crippen molar-refractivity contribution in [3.8, 4) is 5.75 Å². The van der Waals surface area contributed by atoms with Gasteiger partial charge in [-0.3, -0.25) is 10.1 Å². The molecule has 1 aromatic carbocycles. The monoisotopic (exact) mass is 285 g/mol. The second-order valence-electron chi connectivity index (χ2n) is 2.71. The first-order valence-electron chi connectivity index (χ1n) is 3.73. The lowest BCUT2D eigenvalue weighted by molar-refractivity contribution is -0.384. The molecule has 0 bridgehead atoms. The molecular weight excluding hydrogens is 280 g/mol. The zero-order valence-corrected chi connectivity index (χ0v) is 10.7. The van der Waals surface area contributed by atoms with E-state index < -0.39 is 9.89 Å². The molecule has 1 rings (SSSR count). The minimum Gasteiger partial charge on any atom is -0.441 e. The standard InChI is InChI=1S/C7H6Cl2NO3PS/c1-5-4-6(10(11)12)2-3-7(5)13-14(8,9)15/h2-4H,1H3. The SMILES string of the molecule is Cc1cc([N+](=O)[O-])ccc1OP(=S)(Cl)Cl. The number of hydrogen-bond donors (Lipinski definition) is 0. The first kappa shape index (κ1) is 12.7. The van der Waals surface area contributed by atoms with Crippen LogP contribution in [0.15, 0.2) is 18.2 Å². The third-order valence-corrected chi connectivity index (χ3v) is 2.62. The third-order valence-electron chi connectivity index (χ3n) is 1.57. The molecule has 0 radical (unpaired) electrons. The Hall–Kier alpha value is -0.350. The molecule has 0 aromatic heterocycles. The fourth-order valence-electron chi connectivity index (χ4n) is 0.964. The van der Waals surface area contributed by atoms with Crippen molar-refractivity contribution in [1.29, 1.82) is 0 Å². The molecular formula is C7H6Cl2NO3PS. The smallest absolute Gasteiger partial charge is 0.289 e. The van der Waals surface area contributed by atoms with Gasteiger partial charge in [0.2, 0.25) is 0 Å². The molecule has 0 N–H and O–H groups in total. The van der Waals surface area contributed by atoms with E-state index >= 15 is 0 Å². The lowest BCUT2D eigenvalue weighted by atomic mass is 10.2. The molecule has 0 spiro atoms. The second-order valence-corrected chi connectivity index (χ2v) is 9.85. The van der Waals surface area contributed by atoms with E-state index in [1.54, 1.807) is 6.92 Å². The van der Waals surface area contributed by atoms with E-state index in [1.165, 1.54) is 18.2 Å². The predicted molar refractivity (Wildman–Crippen MR) is 64.5 cm³/mol. The summed E-state index contributed by atoms with van der Waals surface area (Å²) in [5.41, 5.74) is 0.553.